The molecule has 1 N–H and O–H groups in total. The van der Waals surface area contributed by atoms with Gasteiger partial charge in [-0.2, -0.15) is 0 Å². The maximum Gasteiger partial charge on any atom is 0.0600 e. The molecule has 15 heavy (non-hydrogen) atoms. The molecule has 0 aromatic carbocycles. The summed E-state index contributed by atoms with van der Waals surface area (Å²) in [5.41, 5.74) is 0. The smallest absolute Gasteiger partial charge is 0.0600 e. The standard InChI is InChI=1S/C12H23NO2/c1-14-11-3-2-4-12(9-11)15-8-7-13-10-5-6-10/h10-13H,2-9H2,1H3. The Morgan fingerprint density at radius 1 is 1.13 bits per heavy atom. The second-order valence-electron chi connectivity index (χ2n) is 4.75. The summed E-state index contributed by atoms with van der Waals surface area (Å²) in [4.78, 5) is 0. The molecule has 3 nitrogen and oxygen atoms in total. The van der Waals surface area contributed by atoms with Gasteiger partial charge in [0, 0.05) is 19.7 Å². The second kappa shape index (κ2) is 5.83. The van der Waals surface area contributed by atoms with E-state index in [0.717, 1.165) is 25.6 Å². The van der Waals surface area contributed by atoms with Crippen LogP contribution in [-0.4, -0.2) is 38.5 Å². The number of ether oxygens (including phenoxy) is 2. The molecule has 2 aliphatic carbocycles. The third-order valence-corrected chi connectivity index (χ3v) is 3.38. The van der Waals surface area contributed by atoms with Gasteiger partial charge >= 0.3 is 0 Å². The first-order valence-corrected chi connectivity index (χ1v) is 6.26. The van der Waals surface area contributed by atoms with Gasteiger partial charge in [-0.25, -0.2) is 0 Å². The normalized spacial score (nSPS) is 31.8. The number of rotatable bonds is 6. The third-order valence-electron chi connectivity index (χ3n) is 3.38. The van der Waals surface area contributed by atoms with Crippen LogP contribution in [0.5, 0.6) is 0 Å². The maximum atomic E-state index is 5.85. The van der Waals surface area contributed by atoms with Crippen molar-refractivity contribution in [2.75, 3.05) is 20.3 Å². The van der Waals surface area contributed by atoms with Crippen molar-refractivity contribution in [1.29, 1.82) is 0 Å². The molecule has 2 fully saturated rings. The lowest BCUT2D eigenvalue weighted by atomic mass is 9.95. The second-order valence-corrected chi connectivity index (χ2v) is 4.75. The Labute approximate surface area is 92.5 Å². The van der Waals surface area contributed by atoms with Gasteiger partial charge in [-0.1, -0.05) is 0 Å². The Morgan fingerprint density at radius 2 is 1.93 bits per heavy atom. The molecule has 0 heterocycles. The molecule has 2 rings (SSSR count). The number of hydrogen-bond donors (Lipinski definition) is 1. The minimum Gasteiger partial charge on any atom is -0.381 e. The van der Waals surface area contributed by atoms with Crippen molar-refractivity contribution in [2.24, 2.45) is 0 Å². The summed E-state index contributed by atoms with van der Waals surface area (Å²) < 4.78 is 11.2. The van der Waals surface area contributed by atoms with Crippen molar-refractivity contribution in [3.8, 4) is 0 Å². The van der Waals surface area contributed by atoms with E-state index in [1.54, 1.807) is 0 Å². The summed E-state index contributed by atoms with van der Waals surface area (Å²) in [7, 11) is 1.81. The molecule has 0 aromatic heterocycles. The molecule has 2 aliphatic rings. The largest absolute Gasteiger partial charge is 0.381 e. The fraction of sp³-hybridized carbons (Fsp3) is 1.00. The van der Waals surface area contributed by atoms with Gasteiger partial charge in [-0.3, -0.25) is 0 Å². The fourth-order valence-electron chi connectivity index (χ4n) is 2.24. The van der Waals surface area contributed by atoms with E-state index in [1.807, 2.05) is 7.11 Å². The van der Waals surface area contributed by atoms with Gasteiger partial charge in [0.1, 0.15) is 0 Å². The Bertz CT molecular complexity index is 182. The van der Waals surface area contributed by atoms with Crippen LogP contribution in [0, 0.1) is 0 Å². The molecular formula is C12H23NO2. The van der Waals surface area contributed by atoms with E-state index in [-0.39, 0.29) is 0 Å². The van der Waals surface area contributed by atoms with Gasteiger partial charge in [0.2, 0.25) is 0 Å². The number of methoxy groups -OCH3 is 1. The summed E-state index contributed by atoms with van der Waals surface area (Å²) in [5.74, 6) is 0. The van der Waals surface area contributed by atoms with Crippen LogP contribution in [0.3, 0.4) is 0 Å². The minimum atomic E-state index is 0.431. The summed E-state index contributed by atoms with van der Waals surface area (Å²) in [6, 6.07) is 0.798. The van der Waals surface area contributed by atoms with Gasteiger partial charge in [0.05, 0.1) is 18.8 Å². The van der Waals surface area contributed by atoms with Gasteiger partial charge in [-0.15, -0.1) is 0 Å². The SMILES string of the molecule is COC1CCCC(OCCNC2CC2)C1. The Morgan fingerprint density at radius 3 is 2.67 bits per heavy atom. The van der Waals surface area contributed by atoms with Crippen LogP contribution in [0.25, 0.3) is 0 Å². The summed E-state index contributed by atoms with van der Waals surface area (Å²) in [6.45, 7) is 1.87. The highest BCUT2D eigenvalue weighted by molar-refractivity contribution is 4.80. The lowest BCUT2D eigenvalue weighted by Gasteiger charge is -2.28. The number of hydrogen-bond acceptors (Lipinski definition) is 3. The van der Waals surface area contributed by atoms with Gasteiger partial charge < -0.3 is 14.8 Å². The highest BCUT2D eigenvalue weighted by Gasteiger charge is 2.23. The molecule has 0 saturated heterocycles. The molecule has 0 amide bonds. The fourth-order valence-corrected chi connectivity index (χ4v) is 2.24. The molecule has 0 aliphatic heterocycles. The molecule has 0 aromatic rings. The van der Waals surface area contributed by atoms with Crippen molar-refractivity contribution in [3.05, 3.63) is 0 Å². The van der Waals surface area contributed by atoms with Crippen molar-refractivity contribution >= 4 is 0 Å². The molecule has 0 bridgehead atoms. The number of nitrogens with one attached hydrogen (secondary N) is 1. The molecule has 3 heteroatoms. The third kappa shape index (κ3) is 4.09. The lowest BCUT2D eigenvalue weighted by Crippen LogP contribution is -2.30. The van der Waals surface area contributed by atoms with Crippen LogP contribution in [0.4, 0.5) is 0 Å². The van der Waals surface area contributed by atoms with Gasteiger partial charge in [0.15, 0.2) is 0 Å². The molecule has 2 unspecified atom stereocenters. The monoisotopic (exact) mass is 213 g/mol. The highest BCUT2D eigenvalue weighted by Crippen LogP contribution is 2.23. The van der Waals surface area contributed by atoms with Gasteiger partial charge in [-0.05, 0) is 38.5 Å². The van der Waals surface area contributed by atoms with Crippen LogP contribution in [-0.2, 0) is 9.47 Å². The average Bonchev–Trinajstić information content (AvgIpc) is 3.09. The van der Waals surface area contributed by atoms with Crippen molar-refractivity contribution in [1.82, 2.24) is 5.32 Å². The molecular weight excluding hydrogens is 190 g/mol. The van der Waals surface area contributed by atoms with Crippen molar-refractivity contribution < 1.29 is 9.47 Å². The Hall–Kier alpha value is -0.120. The van der Waals surface area contributed by atoms with Crippen LogP contribution in [0.1, 0.15) is 38.5 Å². The Kier molecular flexibility index (Phi) is 4.42. The molecule has 2 atom stereocenters. The zero-order valence-corrected chi connectivity index (χ0v) is 9.71. The molecule has 2 saturated carbocycles. The first-order valence-electron chi connectivity index (χ1n) is 6.26. The van der Waals surface area contributed by atoms with Crippen molar-refractivity contribution in [2.45, 2.75) is 56.8 Å². The van der Waals surface area contributed by atoms with Gasteiger partial charge in [0.25, 0.3) is 0 Å². The molecule has 0 spiro atoms. The summed E-state index contributed by atoms with van der Waals surface area (Å²) in [5, 5.41) is 3.47. The Balaban J connectivity index is 1.52. The predicted molar refractivity (Wildman–Crippen MR) is 60.0 cm³/mol. The van der Waals surface area contributed by atoms with Crippen LogP contribution in [0.15, 0.2) is 0 Å². The molecule has 0 radical (unpaired) electrons. The molecule has 88 valence electrons. The predicted octanol–water partition coefficient (Wildman–Crippen LogP) is 1.71. The van der Waals surface area contributed by atoms with E-state index in [0.29, 0.717) is 12.2 Å². The van der Waals surface area contributed by atoms with E-state index in [4.69, 9.17) is 9.47 Å². The van der Waals surface area contributed by atoms with Crippen LogP contribution >= 0.6 is 0 Å². The zero-order chi connectivity index (χ0) is 10.5. The first-order chi connectivity index (χ1) is 7.38. The topological polar surface area (TPSA) is 30.5 Å². The van der Waals surface area contributed by atoms with E-state index in [2.05, 4.69) is 5.32 Å². The van der Waals surface area contributed by atoms with Crippen molar-refractivity contribution in [3.63, 3.8) is 0 Å². The minimum absolute atomic E-state index is 0.431. The van der Waals surface area contributed by atoms with E-state index >= 15 is 0 Å². The first kappa shape index (κ1) is 11.4. The lowest BCUT2D eigenvalue weighted by molar-refractivity contribution is -0.0282. The zero-order valence-electron chi connectivity index (χ0n) is 9.71. The van der Waals surface area contributed by atoms with E-state index < -0.39 is 0 Å². The highest BCUT2D eigenvalue weighted by atomic mass is 16.5. The van der Waals surface area contributed by atoms with Crippen LogP contribution in [0.2, 0.25) is 0 Å². The van der Waals surface area contributed by atoms with Crippen LogP contribution < -0.4 is 5.32 Å². The summed E-state index contributed by atoms with van der Waals surface area (Å²) in [6.07, 6.45) is 8.33. The average molecular weight is 213 g/mol. The maximum absolute atomic E-state index is 5.85. The summed E-state index contributed by atoms with van der Waals surface area (Å²) >= 11 is 0. The quantitative estimate of drug-likeness (QED) is 0.681. The van der Waals surface area contributed by atoms with E-state index in [9.17, 15) is 0 Å². The van der Waals surface area contributed by atoms with E-state index in [1.165, 1.54) is 32.1 Å².